The quantitative estimate of drug-likeness (QED) is 0.840. The van der Waals surface area contributed by atoms with Crippen molar-refractivity contribution in [3.8, 4) is 0 Å². The van der Waals surface area contributed by atoms with Gasteiger partial charge in [0, 0.05) is 25.4 Å². The second-order valence-electron chi connectivity index (χ2n) is 7.91. The van der Waals surface area contributed by atoms with Crippen LogP contribution in [0.5, 0.6) is 0 Å². The molecule has 2 fully saturated rings. The summed E-state index contributed by atoms with van der Waals surface area (Å²) in [6.07, 6.45) is 7.45. The van der Waals surface area contributed by atoms with Gasteiger partial charge in [-0.05, 0) is 62.1 Å². The lowest BCUT2D eigenvalue weighted by atomic mass is 9.79. The number of ketones is 1. The SMILES string of the molecule is O=C(CC1CCc2ccccc2C1)C1CCN[C@H]1C(=S)N1CCCC1. The number of aryl methyl sites for hydroxylation is 1. The smallest absolute Gasteiger partial charge is 0.138 e. The summed E-state index contributed by atoms with van der Waals surface area (Å²) < 4.78 is 0. The molecule has 1 N–H and O–H groups in total. The first-order valence-corrected chi connectivity index (χ1v) is 10.2. The van der Waals surface area contributed by atoms with E-state index in [-0.39, 0.29) is 12.0 Å². The summed E-state index contributed by atoms with van der Waals surface area (Å²) in [6, 6.07) is 8.80. The maximum Gasteiger partial charge on any atom is 0.138 e. The first kappa shape index (κ1) is 17.2. The molecule has 1 aromatic rings. The molecule has 3 atom stereocenters. The van der Waals surface area contributed by atoms with Crippen molar-refractivity contribution in [1.82, 2.24) is 10.2 Å². The Hall–Kier alpha value is -1.26. The number of hydrogen-bond donors (Lipinski definition) is 1. The van der Waals surface area contributed by atoms with E-state index in [2.05, 4.69) is 34.5 Å². The van der Waals surface area contributed by atoms with Gasteiger partial charge < -0.3 is 10.2 Å². The lowest BCUT2D eigenvalue weighted by Crippen LogP contribution is -2.46. The Labute approximate surface area is 156 Å². The van der Waals surface area contributed by atoms with Crippen molar-refractivity contribution in [2.45, 2.75) is 51.0 Å². The average Bonchev–Trinajstić information content (AvgIpc) is 3.33. The molecule has 3 aliphatic rings. The van der Waals surface area contributed by atoms with Gasteiger partial charge in [-0.1, -0.05) is 36.5 Å². The third-order valence-corrected chi connectivity index (χ3v) is 6.77. The van der Waals surface area contributed by atoms with E-state index in [1.54, 1.807) is 0 Å². The highest BCUT2D eigenvalue weighted by Crippen LogP contribution is 2.30. The van der Waals surface area contributed by atoms with E-state index < -0.39 is 0 Å². The molecule has 4 heteroatoms. The number of likely N-dealkylation sites (tertiary alicyclic amines) is 1. The molecule has 0 bridgehead atoms. The third kappa shape index (κ3) is 3.65. The zero-order chi connectivity index (χ0) is 17.2. The molecule has 2 saturated heterocycles. The Morgan fingerprint density at radius 2 is 1.92 bits per heavy atom. The number of nitrogens with zero attached hydrogens (tertiary/aromatic N) is 1. The highest BCUT2D eigenvalue weighted by atomic mass is 32.1. The topological polar surface area (TPSA) is 32.3 Å². The van der Waals surface area contributed by atoms with Gasteiger partial charge in [-0.15, -0.1) is 0 Å². The summed E-state index contributed by atoms with van der Waals surface area (Å²) in [5, 5.41) is 3.51. The number of benzene rings is 1. The molecule has 2 heterocycles. The highest BCUT2D eigenvalue weighted by molar-refractivity contribution is 7.80. The van der Waals surface area contributed by atoms with Crippen molar-refractivity contribution in [3.63, 3.8) is 0 Å². The summed E-state index contributed by atoms with van der Waals surface area (Å²) in [5.74, 6) is 1.02. The Kier molecular flexibility index (Phi) is 5.18. The summed E-state index contributed by atoms with van der Waals surface area (Å²) >= 11 is 5.74. The van der Waals surface area contributed by atoms with E-state index in [9.17, 15) is 4.79 Å². The Balaban J connectivity index is 1.38. The number of carbonyl (C=O) groups excluding carboxylic acids is 1. The summed E-state index contributed by atoms with van der Waals surface area (Å²) in [4.78, 5) is 16.3. The zero-order valence-corrected chi connectivity index (χ0v) is 15.7. The van der Waals surface area contributed by atoms with E-state index in [4.69, 9.17) is 12.2 Å². The second kappa shape index (κ2) is 7.55. The zero-order valence-electron chi connectivity index (χ0n) is 14.9. The molecule has 0 amide bonds. The number of thiocarbonyl (C=S) groups is 1. The van der Waals surface area contributed by atoms with E-state index in [0.717, 1.165) is 56.7 Å². The lowest BCUT2D eigenvalue weighted by molar-refractivity contribution is -0.123. The van der Waals surface area contributed by atoms with Gasteiger partial charge in [0.1, 0.15) is 5.78 Å². The highest BCUT2D eigenvalue weighted by Gasteiger charge is 2.38. The van der Waals surface area contributed by atoms with Crippen molar-refractivity contribution in [1.29, 1.82) is 0 Å². The van der Waals surface area contributed by atoms with Gasteiger partial charge in [0.15, 0.2) is 0 Å². The van der Waals surface area contributed by atoms with Crippen LogP contribution in [0.4, 0.5) is 0 Å². The number of nitrogens with one attached hydrogen (secondary N) is 1. The van der Waals surface area contributed by atoms with E-state index in [1.165, 1.54) is 24.0 Å². The number of rotatable bonds is 4. The normalized spacial score (nSPS) is 28.8. The standard InChI is InChI=1S/C21H28N2OS/c24-19(14-15-7-8-16-5-1-2-6-17(16)13-15)18-9-10-22-20(18)21(25)23-11-3-4-12-23/h1-2,5-6,15,18,20,22H,3-4,7-14H2/t15?,18?,20-/m1/s1. The minimum Gasteiger partial charge on any atom is -0.365 e. The molecule has 0 aromatic heterocycles. The Morgan fingerprint density at radius 1 is 1.16 bits per heavy atom. The van der Waals surface area contributed by atoms with Gasteiger partial charge in [-0.3, -0.25) is 4.79 Å². The number of fused-ring (bicyclic) bond motifs is 1. The maximum absolute atomic E-state index is 13.0. The average molecular weight is 357 g/mol. The monoisotopic (exact) mass is 356 g/mol. The van der Waals surface area contributed by atoms with Crippen molar-refractivity contribution < 1.29 is 4.79 Å². The molecular weight excluding hydrogens is 328 g/mol. The van der Waals surface area contributed by atoms with Crippen molar-refractivity contribution >= 4 is 23.0 Å². The predicted octanol–water partition coefficient (Wildman–Crippen LogP) is 3.15. The van der Waals surface area contributed by atoms with Crippen LogP contribution in [-0.2, 0) is 17.6 Å². The Morgan fingerprint density at radius 3 is 2.72 bits per heavy atom. The number of hydrogen-bond acceptors (Lipinski definition) is 3. The van der Waals surface area contributed by atoms with Gasteiger partial charge >= 0.3 is 0 Å². The van der Waals surface area contributed by atoms with Crippen LogP contribution in [0, 0.1) is 11.8 Å². The summed E-state index contributed by atoms with van der Waals surface area (Å²) in [7, 11) is 0. The van der Waals surface area contributed by atoms with E-state index in [0.29, 0.717) is 11.7 Å². The maximum atomic E-state index is 13.0. The number of carbonyl (C=O) groups is 1. The van der Waals surface area contributed by atoms with Crippen LogP contribution in [0.15, 0.2) is 24.3 Å². The second-order valence-corrected chi connectivity index (χ2v) is 8.33. The molecule has 0 spiro atoms. The minimum atomic E-state index is 0.0882. The van der Waals surface area contributed by atoms with Crippen LogP contribution in [0.2, 0.25) is 0 Å². The van der Waals surface area contributed by atoms with Gasteiger partial charge in [0.25, 0.3) is 0 Å². The van der Waals surface area contributed by atoms with Gasteiger partial charge in [0.2, 0.25) is 0 Å². The molecular formula is C21H28N2OS. The molecule has 1 aliphatic carbocycles. The minimum absolute atomic E-state index is 0.0882. The first-order valence-electron chi connectivity index (χ1n) is 9.84. The molecule has 2 unspecified atom stereocenters. The molecule has 134 valence electrons. The van der Waals surface area contributed by atoms with Crippen LogP contribution in [0.1, 0.15) is 43.2 Å². The van der Waals surface area contributed by atoms with E-state index >= 15 is 0 Å². The van der Waals surface area contributed by atoms with Gasteiger partial charge in [-0.2, -0.15) is 0 Å². The summed E-state index contributed by atoms with van der Waals surface area (Å²) in [5.41, 5.74) is 2.92. The van der Waals surface area contributed by atoms with Crippen LogP contribution in [0.25, 0.3) is 0 Å². The van der Waals surface area contributed by atoms with Crippen molar-refractivity contribution in [3.05, 3.63) is 35.4 Å². The molecule has 1 aromatic carbocycles. The van der Waals surface area contributed by atoms with Crippen LogP contribution < -0.4 is 5.32 Å². The predicted molar refractivity (Wildman–Crippen MR) is 105 cm³/mol. The van der Waals surface area contributed by atoms with E-state index in [1.807, 2.05) is 0 Å². The van der Waals surface area contributed by atoms with Crippen molar-refractivity contribution in [2.24, 2.45) is 11.8 Å². The molecule has 0 saturated carbocycles. The fourth-order valence-electron chi connectivity index (χ4n) is 4.83. The molecule has 0 radical (unpaired) electrons. The molecule has 25 heavy (non-hydrogen) atoms. The molecule has 4 rings (SSSR count). The summed E-state index contributed by atoms with van der Waals surface area (Å²) in [6.45, 7) is 3.05. The van der Waals surface area contributed by atoms with Crippen LogP contribution >= 0.6 is 12.2 Å². The third-order valence-electron chi connectivity index (χ3n) is 6.26. The fraction of sp³-hybridized carbons (Fsp3) is 0.619. The van der Waals surface area contributed by atoms with Crippen LogP contribution in [-0.4, -0.2) is 41.3 Å². The van der Waals surface area contributed by atoms with Gasteiger partial charge in [-0.25, -0.2) is 0 Å². The van der Waals surface area contributed by atoms with Gasteiger partial charge in [0.05, 0.1) is 11.0 Å². The molecule has 3 nitrogen and oxygen atoms in total. The van der Waals surface area contributed by atoms with Crippen molar-refractivity contribution in [2.75, 3.05) is 19.6 Å². The first-order chi connectivity index (χ1) is 12.2. The van der Waals surface area contributed by atoms with Crippen LogP contribution in [0.3, 0.4) is 0 Å². The largest absolute Gasteiger partial charge is 0.365 e. The lowest BCUT2D eigenvalue weighted by Gasteiger charge is -2.29. The molecule has 2 aliphatic heterocycles. The fourth-order valence-corrected chi connectivity index (χ4v) is 5.26. The Bertz CT molecular complexity index is 653. The number of Topliss-reactive ketones (excluding diaryl/α,β-unsaturated/α-hetero) is 1.